The van der Waals surface area contributed by atoms with E-state index in [1.165, 1.54) is 0 Å². The van der Waals surface area contributed by atoms with Crippen molar-refractivity contribution in [3.05, 3.63) is 58.7 Å². The van der Waals surface area contributed by atoms with Crippen LogP contribution in [0.25, 0.3) is 0 Å². The third kappa shape index (κ3) is 4.69. The van der Waals surface area contributed by atoms with Gasteiger partial charge in [0.2, 0.25) is 0 Å². The van der Waals surface area contributed by atoms with E-state index in [4.69, 9.17) is 4.74 Å². The van der Waals surface area contributed by atoms with Crippen LogP contribution < -0.4 is 0 Å². The van der Waals surface area contributed by atoms with Crippen LogP contribution in [0.2, 0.25) is 0 Å². The second kappa shape index (κ2) is 8.14. The van der Waals surface area contributed by atoms with Crippen molar-refractivity contribution in [2.75, 3.05) is 6.61 Å². The number of hydrogen-bond acceptors (Lipinski definition) is 3. The van der Waals surface area contributed by atoms with Crippen LogP contribution >= 0.6 is 0 Å². The topological polar surface area (TPSA) is 43.4 Å². The summed E-state index contributed by atoms with van der Waals surface area (Å²) in [5.41, 5.74) is 3.26. The predicted molar refractivity (Wildman–Crippen MR) is 90.0 cm³/mol. The van der Waals surface area contributed by atoms with Crippen LogP contribution in [0.5, 0.6) is 0 Å². The van der Waals surface area contributed by atoms with E-state index < -0.39 is 0 Å². The highest BCUT2D eigenvalue weighted by molar-refractivity contribution is 5.99. The number of benzene rings is 1. The second-order valence-corrected chi connectivity index (χ2v) is 5.37. The van der Waals surface area contributed by atoms with Crippen molar-refractivity contribution in [3.63, 3.8) is 0 Å². The van der Waals surface area contributed by atoms with Gasteiger partial charge in [-0.25, -0.2) is 4.79 Å². The van der Waals surface area contributed by atoms with Gasteiger partial charge in [-0.1, -0.05) is 17.4 Å². The zero-order chi connectivity index (χ0) is 16.7. The summed E-state index contributed by atoms with van der Waals surface area (Å²) in [5, 5.41) is 0. The number of ketones is 1. The minimum atomic E-state index is -0.329. The summed E-state index contributed by atoms with van der Waals surface area (Å²) >= 11 is 0. The van der Waals surface area contributed by atoms with Crippen LogP contribution in [0, 0.1) is 11.8 Å². The summed E-state index contributed by atoms with van der Waals surface area (Å²) in [6.07, 6.45) is 6.06. The summed E-state index contributed by atoms with van der Waals surface area (Å²) in [7, 11) is 0. The first-order valence-electron chi connectivity index (χ1n) is 7.80. The molecule has 3 heteroatoms. The highest BCUT2D eigenvalue weighted by atomic mass is 16.5. The van der Waals surface area contributed by atoms with Crippen LogP contribution in [0.3, 0.4) is 0 Å². The first kappa shape index (κ1) is 16.8. The molecule has 118 valence electrons. The molecule has 1 aromatic carbocycles. The van der Waals surface area contributed by atoms with Gasteiger partial charge in [0.05, 0.1) is 12.2 Å². The van der Waals surface area contributed by atoms with E-state index in [1.807, 2.05) is 6.92 Å². The number of rotatable bonds is 3. The van der Waals surface area contributed by atoms with E-state index in [0.29, 0.717) is 18.6 Å². The van der Waals surface area contributed by atoms with Crippen LogP contribution in [-0.2, 0) is 9.53 Å². The van der Waals surface area contributed by atoms with E-state index in [0.717, 1.165) is 29.6 Å². The molecule has 0 bridgehead atoms. The highest BCUT2D eigenvalue weighted by Gasteiger charge is 2.14. The van der Waals surface area contributed by atoms with Crippen molar-refractivity contribution >= 4 is 11.8 Å². The minimum Gasteiger partial charge on any atom is -0.462 e. The molecule has 0 N–H and O–H groups in total. The molecule has 0 heterocycles. The number of ether oxygens (including phenoxy) is 1. The zero-order valence-corrected chi connectivity index (χ0v) is 13.5. The summed E-state index contributed by atoms with van der Waals surface area (Å²) in [5.74, 6) is 5.79. The van der Waals surface area contributed by atoms with Crippen LogP contribution in [-0.4, -0.2) is 18.4 Å². The fourth-order valence-corrected chi connectivity index (χ4v) is 2.41. The SMILES string of the molecule is CCOC(=O)c1ccc(C#C/C=C/C2=C(C)CCCC2=O)cc1. The lowest BCUT2D eigenvalue weighted by Crippen LogP contribution is -2.08. The number of carbonyl (C=O) groups excluding carboxylic acids is 2. The van der Waals surface area contributed by atoms with Gasteiger partial charge in [-0.2, -0.15) is 0 Å². The van der Waals surface area contributed by atoms with Crippen molar-refractivity contribution in [3.8, 4) is 11.8 Å². The van der Waals surface area contributed by atoms with Crippen molar-refractivity contribution in [2.45, 2.75) is 33.1 Å². The number of hydrogen-bond donors (Lipinski definition) is 0. The molecule has 0 unspecified atom stereocenters. The van der Waals surface area contributed by atoms with Gasteiger partial charge in [-0.3, -0.25) is 4.79 Å². The van der Waals surface area contributed by atoms with Crippen molar-refractivity contribution in [1.82, 2.24) is 0 Å². The molecule has 1 aromatic rings. The molecule has 0 spiro atoms. The van der Waals surface area contributed by atoms with E-state index in [1.54, 1.807) is 43.3 Å². The molecule has 0 radical (unpaired) electrons. The van der Waals surface area contributed by atoms with Gasteiger partial charge in [0.1, 0.15) is 0 Å². The van der Waals surface area contributed by atoms with Crippen LogP contribution in [0.1, 0.15) is 49.0 Å². The number of carbonyl (C=O) groups is 2. The van der Waals surface area contributed by atoms with Gasteiger partial charge in [-0.05, 0) is 63.1 Å². The maximum atomic E-state index is 11.8. The summed E-state index contributed by atoms with van der Waals surface area (Å²) in [6, 6.07) is 6.96. The molecule has 3 nitrogen and oxygen atoms in total. The van der Waals surface area contributed by atoms with E-state index in [9.17, 15) is 9.59 Å². The first-order valence-corrected chi connectivity index (χ1v) is 7.80. The van der Waals surface area contributed by atoms with E-state index >= 15 is 0 Å². The fraction of sp³-hybridized carbons (Fsp3) is 0.300. The molecular formula is C20H20O3. The molecule has 23 heavy (non-hydrogen) atoms. The third-order valence-corrected chi connectivity index (χ3v) is 3.66. The predicted octanol–water partition coefficient (Wildman–Crippen LogP) is 3.84. The maximum absolute atomic E-state index is 11.8. The Morgan fingerprint density at radius 1 is 1.26 bits per heavy atom. The normalized spacial score (nSPS) is 14.6. The Hall–Kier alpha value is -2.60. The lowest BCUT2D eigenvalue weighted by atomic mass is 9.91. The molecule has 0 saturated heterocycles. The Balaban J connectivity index is 2.03. The molecule has 0 fully saturated rings. The Morgan fingerprint density at radius 2 is 2.00 bits per heavy atom. The lowest BCUT2D eigenvalue weighted by Gasteiger charge is -2.12. The smallest absolute Gasteiger partial charge is 0.338 e. The average molecular weight is 308 g/mol. The molecule has 1 aliphatic carbocycles. The Labute approximate surface area is 137 Å². The van der Waals surface area contributed by atoms with E-state index in [-0.39, 0.29) is 11.8 Å². The lowest BCUT2D eigenvalue weighted by molar-refractivity contribution is -0.115. The van der Waals surface area contributed by atoms with Crippen LogP contribution in [0.4, 0.5) is 0 Å². The number of allylic oxidation sites excluding steroid dienone is 4. The highest BCUT2D eigenvalue weighted by Crippen LogP contribution is 2.22. The van der Waals surface area contributed by atoms with Crippen molar-refractivity contribution in [1.29, 1.82) is 0 Å². The zero-order valence-electron chi connectivity index (χ0n) is 13.5. The largest absolute Gasteiger partial charge is 0.462 e. The van der Waals surface area contributed by atoms with E-state index in [2.05, 4.69) is 11.8 Å². The molecule has 2 rings (SSSR count). The molecule has 0 saturated carbocycles. The van der Waals surface area contributed by atoms with Crippen molar-refractivity contribution in [2.24, 2.45) is 0 Å². The number of Topliss-reactive ketones (excluding diaryl/α,β-unsaturated/α-hetero) is 1. The quantitative estimate of drug-likeness (QED) is 0.629. The standard InChI is InChI=1S/C20H20O3/c1-3-23-20(22)17-13-11-16(12-14-17)8-4-5-9-18-15(2)7-6-10-19(18)21/h5,9,11-14H,3,6-7,10H2,1-2H3/b9-5+. The first-order chi connectivity index (χ1) is 11.1. The fourth-order valence-electron chi connectivity index (χ4n) is 2.41. The van der Waals surface area contributed by atoms with Gasteiger partial charge in [-0.15, -0.1) is 0 Å². The molecular weight excluding hydrogens is 288 g/mol. The molecule has 0 amide bonds. The Morgan fingerprint density at radius 3 is 2.65 bits per heavy atom. The monoisotopic (exact) mass is 308 g/mol. The summed E-state index contributed by atoms with van der Waals surface area (Å²) in [6.45, 7) is 4.13. The van der Waals surface area contributed by atoms with Crippen molar-refractivity contribution < 1.29 is 14.3 Å². The number of esters is 1. The Bertz CT molecular complexity index is 709. The average Bonchev–Trinajstić information content (AvgIpc) is 2.54. The molecule has 0 atom stereocenters. The van der Waals surface area contributed by atoms with Gasteiger partial charge in [0.25, 0.3) is 0 Å². The molecule has 0 aromatic heterocycles. The van der Waals surface area contributed by atoms with Crippen LogP contribution in [0.15, 0.2) is 47.6 Å². The summed E-state index contributed by atoms with van der Waals surface area (Å²) in [4.78, 5) is 23.4. The molecule has 1 aliphatic rings. The van der Waals surface area contributed by atoms with Gasteiger partial charge < -0.3 is 4.74 Å². The maximum Gasteiger partial charge on any atom is 0.338 e. The second-order valence-electron chi connectivity index (χ2n) is 5.37. The summed E-state index contributed by atoms with van der Waals surface area (Å²) < 4.78 is 4.93. The van der Waals surface area contributed by atoms with Gasteiger partial charge in [0, 0.05) is 17.6 Å². The van der Waals surface area contributed by atoms with Gasteiger partial charge >= 0.3 is 5.97 Å². The third-order valence-electron chi connectivity index (χ3n) is 3.66. The van der Waals surface area contributed by atoms with Gasteiger partial charge in [0.15, 0.2) is 5.78 Å². The Kier molecular flexibility index (Phi) is 5.94. The molecule has 0 aliphatic heterocycles. The minimum absolute atomic E-state index is 0.200.